The zero-order valence-electron chi connectivity index (χ0n) is 21.2. The molecule has 0 saturated heterocycles. The van der Waals surface area contributed by atoms with E-state index in [0.29, 0.717) is 18.1 Å². The molecule has 0 aliphatic heterocycles. The molecule has 1 amide bonds. The molecule has 34 heavy (non-hydrogen) atoms. The van der Waals surface area contributed by atoms with Gasteiger partial charge in [0.05, 0.1) is 12.2 Å². The van der Waals surface area contributed by atoms with Gasteiger partial charge in [-0.1, -0.05) is 39.0 Å². The molecule has 2 aromatic carbocycles. The summed E-state index contributed by atoms with van der Waals surface area (Å²) in [6, 6.07) is 15.8. The van der Waals surface area contributed by atoms with Gasteiger partial charge in [-0.3, -0.25) is 14.8 Å². The third kappa shape index (κ3) is 6.29. The second-order valence-corrected chi connectivity index (χ2v) is 10.1. The van der Waals surface area contributed by atoms with Gasteiger partial charge in [-0.2, -0.15) is 5.10 Å². The third-order valence-corrected chi connectivity index (χ3v) is 6.53. The van der Waals surface area contributed by atoms with Gasteiger partial charge in [-0.05, 0) is 68.3 Å². The number of carbonyl (C=O) groups is 1. The molecule has 0 bridgehead atoms. The van der Waals surface area contributed by atoms with Crippen LogP contribution < -0.4 is 10.6 Å². The van der Waals surface area contributed by atoms with E-state index in [1.165, 1.54) is 5.56 Å². The molecule has 0 spiro atoms. The molecule has 7 heteroatoms. The first-order valence-electron chi connectivity index (χ1n) is 11.5. The fourth-order valence-corrected chi connectivity index (χ4v) is 4.14. The van der Waals surface area contributed by atoms with Gasteiger partial charge in [0.15, 0.2) is 0 Å². The van der Waals surface area contributed by atoms with E-state index >= 15 is 0 Å². The lowest BCUT2D eigenvalue weighted by Gasteiger charge is -2.19. The van der Waals surface area contributed by atoms with Crippen LogP contribution in [0.3, 0.4) is 0 Å². The minimum absolute atomic E-state index is 0.0319. The van der Waals surface area contributed by atoms with Crippen molar-refractivity contribution >= 4 is 29.3 Å². The molecule has 6 nitrogen and oxygen atoms in total. The van der Waals surface area contributed by atoms with Gasteiger partial charge >= 0.3 is 0 Å². The van der Waals surface area contributed by atoms with E-state index in [4.69, 9.17) is 4.99 Å². The minimum atomic E-state index is -0.203. The number of hydrogen-bond acceptors (Lipinski definition) is 4. The molecule has 0 aliphatic rings. The summed E-state index contributed by atoms with van der Waals surface area (Å²) in [5.74, 6) is 0.205. The zero-order chi connectivity index (χ0) is 24.9. The van der Waals surface area contributed by atoms with E-state index in [0.717, 1.165) is 34.1 Å². The summed E-state index contributed by atoms with van der Waals surface area (Å²) < 4.78 is 1.98. The van der Waals surface area contributed by atoms with E-state index < -0.39 is 0 Å². The molecule has 0 aliphatic carbocycles. The first kappa shape index (κ1) is 25.6. The summed E-state index contributed by atoms with van der Waals surface area (Å²) in [6.45, 7) is 13.8. The molecule has 0 fully saturated rings. The highest BCUT2D eigenvalue weighted by Crippen LogP contribution is 2.22. The predicted molar refractivity (Wildman–Crippen MR) is 143 cm³/mol. The SMILES string of the molecule is CCn1nc(C)c(CN=C(NC(=O)c2ccc(C(C)(C)C)cc2)Nc2cccc(SC)c2)c1C. The molecule has 0 unspecified atom stereocenters. The van der Waals surface area contributed by atoms with Gasteiger partial charge in [0.25, 0.3) is 5.91 Å². The van der Waals surface area contributed by atoms with E-state index in [1.807, 2.05) is 66.4 Å². The molecule has 0 atom stereocenters. The molecule has 3 rings (SSSR count). The Bertz CT molecular complexity index is 1170. The van der Waals surface area contributed by atoms with Gasteiger partial charge < -0.3 is 5.32 Å². The Morgan fingerprint density at radius 1 is 1.12 bits per heavy atom. The number of anilines is 1. The number of amides is 1. The smallest absolute Gasteiger partial charge is 0.257 e. The lowest BCUT2D eigenvalue weighted by molar-refractivity contribution is 0.0977. The highest BCUT2D eigenvalue weighted by Gasteiger charge is 2.16. The van der Waals surface area contributed by atoms with Crippen molar-refractivity contribution in [3.05, 3.63) is 76.6 Å². The van der Waals surface area contributed by atoms with Crippen molar-refractivity contribution in [3.63, 3.8) is 0 Å². The molecule has 1 aromatic heterocycles. The second-order valence-electron chi connectivity index (χ2n) is 9.27. The number of aryl methyl sites for hydroxylation is 2. The maximum Gasteiger partial charge on any atom is 0.257 e. The Kier molecular flexibility index (Phi) is 8.20. The van der Waals surface area contributed by atoms with Crippen LogP contribution >= 0.6 is 11.8 Å². The summed E-state index contributed by atoms with van der Waals surface area (Å²) in [5.41, 5.74) is 5.79. The minimum Gasteiger partial charge on any atom is -0.326 e. The van der Waals surface area contributed by atoms with Crippen LogP contribution in [0, 0.1) is 13.8 Å². The molecule has 3 aromatic rings. The van der Waals surface area contributed by atoms with E-state index in [-0.39, 0.29) is 11.3 Å². The number of thioether (sulfide) groups is 1. The summed E-state index contributed by atoms with van der Waals surface area (Å²) in [6.07, 6.45) is 2.04. The van der Waals surface area contributed by atoms with E-state index in [2.05, 4.69) is 50.4 Å². The number of nitrogens with zero attached hydrogens (tertiary/aromatic N) is 3. The lowest BCUT2D eigenvalue weighted by Crippen LogP contribution is -2.36. The molecule has 2 N–H and O–H groups in total. The monoisotopic (exact) mass is 477 g/mol. The van der Waals surface area contributed by atoms with Gasteiger partial charge in [0.1, 0.15) is 0 Å². The fourth-order valence-electron chi connectivity index (χ4n) is 3.68. The van der Waals surface area contributed by atoms with Crippen LogP contribution in [0.5, 0.6) is 0 Å². The topological polar surface area (TPSA) is 71.3 Å². The maximum atomic E-state index is 13.1. The Morgan fingerprint density at radius 2 is 1.82 bits per heavy atom. The summed E-state index contributed by atoms with van der Waals surface area (Å²) in [5, 5.41) is 10.9. The first-order valence-corrected chi connectivity index (χ1v) is 12.7. The Morgan fingerprint density at radius 3 is 2.41 bits per heavy atom. The lowest BCUT2D eigenvalue weighted by atomic mass is 9.87. The van der Waals surface area contributed by atoms with Crippen molar-refractivity contribution < 1.29 is 4.79 Å². The van der Waals surface area contributed by atoms with Crippen LogP contribution in [-0.2, 0) is 18.5 Å². The van der Waals surface area contributed by atoms with Crippen LogP contribution in [0.15, 0.2) is 58.4 Å². The molecule has 0 saturated carbocycles. The van der Waals surface area contributed by atoms with Crippen molar-refractivity contribution in [2.75, 3.05) is 11.6 Å². The Hall–Kier alpha value is -3.06. The Labute approximate surface area is 207 Å². The highest BCUT2D eigenvalue weighted by atomic mass is 32.2. The van der Waals surface area contributed by atoms with Crippen LogP contribution in [0.1, 0.15) is 60.6 Å². The average molecular weight is 478 g/mol. The van der Waals surface area contributed by atoms with Gasteiger partial charge in [0.2, 0.25) is 5.96 Å². The molecular weight excluding hydrogens is 442 g/mol. The van der Waals surface area contributed by atoms with Crippen molar-refractivity contribution in [1.82, 2.24) is 15.1 Å². The number of hydrogen-bond donors (Lipinski definition) is 2. The van der Waals surface area contributed by atoms with Crippen LogP contribution in [-0.4, -0.2) is 27.9 Å². The number of nitrogens with one attached hydrogen (secondary N) is 2. The maximum absolute atomic E-state index is 13.1. The van der Waals surface area contributed by atoms with Gasteiger partial charge in [-0.25, -0.2) is 4.99 Å². The predicted octanol–water partition coefficient (Wildman–Crippen LogP) is 5.94. The summed E-state index contributed by atoms with van der Waals surface area (Å²) >= 11 is 1.67. The third-order valence-electron chi connectivity index (χ3n) is 5.80. The van der Waals surface area contributed by atoms with Crippen molar-refractivity contribution in [3.8, 4) is 0 Å². The van der Waals surface area contributed by atoms with Crippen molar-refractivity contribution in [1.29, 1.82) is 0 Å². The highest BCUT2D eigenvalue weighted by molar-refractivity contribution is 7.98. The number of benzene rings is 2. The number of rotatable bonds is 6. The van der Waals surface area contributed by atoms with Crippen molar-refractivity contribution in [2.45, 2.75) is 64.9 Å². The molecule has 1 heterocycles. The van der Waals surface area contributed by atoms with Gasteiger partial charge in [0, 0.05) is 33.9 Å². The van der Waals surface area contributed by atoms with E-state index in [9.17, 15) is 4.79 Å². The van der Waals surface area contributed by atoms with E-state index in [1.54, 1.807) is 11.8 Å². The normalized spacial score (nSPS) is 12.0. The van der Waals surface area contributed by atoms with Crippen molar-refractivity contribution in [2.24, 2.45) is 4.99 Å². The largest absolute Gasteiger partial charge is 0.326 e. The quantitative estimate of drug-likeness (QED) is 0.262. The number of aliphatic imine (C=N–C) groups is 1. The standard InChI is InChI=1S/C27H35N5OS/c1-8-32-19(3)24(18(2)31-32)17-28-26(29-22-10-9-11-23(16-22)34-7)30-25(33)20-12-14-21(15-13-20)27(4,5)6/h9-16H,8,17H2,1-7H3,(H2,28,29,30,33). The number of carbonyl (C=O) groups excluding carboxylic acids is 1. The first-order chi connectivity index (χ1) is 16.1. The molecular formula is C27H35N5OS. The Balaban J connectivity index is 1.87. The number of aromatic nitrogens is 2. The number of guanidine groups is 1. The summed E-state index contributed by atoms with van der Waals surface area (Å²) in [7, 11) is 0. The molecule has 180 valence electrons. The van der Waals surface area contributed by atoms with Crippen LogP contribution in [0.25, 0.3) is 0 Å². The average Bonchev–Trinajstić information content (AvgIpc) is 3.09. The fraction of sp³-hybridized carbons (Fsp3) is 0.370. The zero-order valence-corrected chi connectivity index (χ0v) is 22.0. The second kappa shape index (κ2) is 10.9. The summed E-state index contributed by atoms with van der Waals surface area (Å²) in [4.78, 5) is 19.0. The van der Waals surface area contributed by atoms with Crippen LogP contribution in [0.4, 0.5) is 5.69 Å². The molecule has 0 radical (unpaired) electrons. The van der Waals surface area contributed by atoms with Crippen LogP contribution in [0.2, 0.25) is 0 Å². The van der Waals surface area contributed by atoms with Gasteiger partial charge in [-0.15, -0.1) is 11.8 Å².